The van der Waals surface area contributed by atoms with Crippen LogP contribution in [-0.4, -0.2) is 46.5 Å². The van der Waals surface area contributed by atoms with Crippen molar-refractivity contribution in [3.63, 3.8) is 0 Å². The fourth-order valence-electron chi connectivity index (χ4n) is 4.22. The van der Waals surface area contributed by atoms with Gasteiger partial charge in [0.1, 0.15) is 18.2 Å². The third-order valence-electron chi connectivity index (χ3n) is 5.80. The highest BCUT2D eigenvalue weighted by molar-refractivity contribution is 6.08. The van der Waals surface area contributed by atoms with Gasteiger partial charge in [0.2, 0.25) is 5.91 Å². The number of halogens is 1. The number of rotatable bonds is 4. The molecule has 33 heavy (non-hydrogen) atoms. The number of morpholine rings is 1. The number of benzene rings is 2. The van der Waals surface area contributed by atoms with Crippen molar-refractivity contribution in [3.05, 3.63) is 83.4 Å². The van der Waals surface area contributed by atoms with Gasteiger partial charge in [-0.2, -0.15) is 4.99 Å². The maximum absolute atomic E-state index is 13.4. The van der Waals surface area contributed by atoms with Crippen molar-refractivity contribution in [2.24, 2.45) is 4.99 Å². The Kier molecular flexibility index (Phi) is 5.42. The molecule has 7 nitrogen and oxygen atoms in total. The van der Waals surface area contributed by atoms with Crippen LogP contribution in [0.1, 0.15) is 29.3 Å². The summed E-state index contributed by atoms with van der Waals surface area (Å²) < 4.78 is 26.8. The fraction of sp³-hybridized carbons (Fsp3) is 0.240. The number of carbonyl (C=O) groups is 1. The first-order valence-corrected chi connectivity index (χ1v) is 10.7. The smallest absolute Gasteiger partial charge is 0.250 e. The van der Waals surface area contributed by atoms with E-state index in [4.69, 9.17) is 9.47 Å². The van der Waals surface area contributed by atoms with Gasteiger partial charge in [-0.15, -0.1) is 0 Å². The SMILES string of the molecule is COc1cc(/C=C2\OCCN3C2=NC(=O)CC3c2ccc(F)cc2)ccc1-n1cnc(C)c1. The Labute approximate surface area is 190 Å². The van der Waals surface area contributed by atoms with Gasteiger partial charge in [0, 0.05) is 6.20 Å². The number of amidine groups is 1. The van der Waals surface area contributed by atoms with E-state index in [1.165, 1.54) is 12.1 Å². The Hall–Kier alpha value is -3.94. The van der Waals surface area contributed by atoms with Crippen LogP contribution in [0.4, 0.5) is 4.39 Å². The molecule has 0 aliphatic carbocycles. The summed E-state index contributed by atoms with van der Waals surface area (Å²) in [5.74, 6) is 1.17. The third kappa shape index (κ3) is 4.11. The zero-order valence-electron chi connectivity index (χ0n) is 18.4. The number of aryl methyl sites for hydroxylation is 1. The van der Waals surface area contributed by atoms with Crippen molar-refractivity contribution in [3.8, 4) is 11.4 Å². The Balaban J connectivity index is 1.48. The van der Waals surface area contributed by atoms with E-state index in [1.54, 1.807) is 25.6 Å². The summed E-state index contributed by atoms with van der Waals surface area (Å²) in [5.41, 5.74) is 3.51. The quantitative estimate of drug-likeness (QED) is 0.604. The van der Waals surface area contributed by atoms with Crippen LogP contribution in [0.25, 0.3) is 11.8 Å². The van der Waals surface area contributed by atoms with Crippen molar-refractivity contribution < 1.29 is 18.7 Å². The molecule has 1 saturated heterocycles. The normalized spacial score (nSPS) is 19.2. The predicted molar refractivity (Wildman–Crippen MR) is 122 cm³/mol. The van der Waals surface area contributed by atoms with Gasteiger partial charge in [0.15, 0.2) is 11.6 Å². The lowest BCUT2D eigenvalue weighted by atomic mass is 9.98. The maximum atomic E-state index is 13.4. The molecule has 8 heteroatoms. The van der Waals surface area contributed by atoms with Crippen LogP contribution >= 0.6 is 0 Å². The summed E-state index contributed by atoms with van der Waals surface area (Å²) >= 11 is 0. The predicted octanol–water partition coefficient (Wildman–Crippen LogP) is 4.07. The lowest BCUT2D eigenvalue weighted by Gasteiger charge is -2.40. The number of methoxy groups -OCH3 is 1. The summed E-state index contributed by atoms with van der Waals surface area (Å²) in [6.45, 7) is 2.98. The van der Waals surface area contributed by atoms with Crippen molar-refractivity contribution in [1.29, 1.82) is 0 Å². The standard InChI is InChI=1S/C25H23FN4O3/c1-16-14-29(15-27-16)20-8-3-17(11-22(20)32-2)12-23-25-28-24(31)13-21(30(25)9-10-33-23)18-4-6-19(26)7-5-18/h3-8,11-12,14-15,21H,9-10,13H2,1-2H3/b23-12-. The van der Waals surface area contributed by atoms with Crippen molar-refractivity contribution in [2.45, 2.75) is 19.4 Å². The summed E-state index contributed by atoms with van der Waals surface area (Å²) in [7, 11) is 1.62. The number of aliphatic imine (C=N–C) groups is 1. The van der Waals surface area contributed by atoms with Crippen LogP contribution in [-0.2, 0) is 9.53 Å². The number of hydrogen-bond acceptors (Lipinski definition) is 5. The monoisotopic (exact) mass is 446 g/mol. The molecule has 1 aromatic heterocycles. The number of fused-ring (bicyclic) bond motifs is 1. The number of ether oxygens (including phenoxy) is 2. The number of carbonyl (C=O) groups excluding carboxylic acids is 1. The molecule has 3 aromatic rings. The fourth-order valence-corrected chi connectivity index (χ4v) is 4.22. The van der Waals surface area contributed by atoms with Gasteiger partial charge in [-0.1, -0.05) is 18.2 Å². The van der Waals surface area contributed by atoms with E-state index >= 15 is 0 Å². The van der Waals surface area contributed by atoms with Gasteiger partial charge in [-0.25, -0.2) is 9.37 Å². The Morgan fingerprint density at radius 2 is 2.03 bits per heavy atom. The summed E-state index contributed by atoms with van der Waals surface area (Å²) in [6, 6.07) is 11.9. The van der Waals surface area contributed by atoms with E-state index < -0.39 is 0 Å². The minimum atomic E-state index is -0.305. The molecule has 2 aliphatic rings. The van der Waals surface area contributed by atoms with Crippen LogP contribution in [0.2, 0.25) is 0 Å². The molecule has 0 saturated carbocycles. The van der Waals surface area contributed by atoms with E-state index in [0.29, 0.717) is 30.5 Å². The van der Waals surface area contributed by atoms with Crippen LogP contribution in [0, 0.1) is 12.7 Å². The van der Waals surface area contributed by atoms with Gasteiger partial charge < -0.3 is 18.9 Å². The summed E-state index contributed by atoms with van der Waals surface area (Å²) in [4.78, 5) is 23.1. The van der Waals surface area contributed by atoms with Crippen molar-refractivity contribution >= 4 is 17.8 Å². The van der Waals surface area contributed by atoms with Gasteiger partial charge in [-0.05, 0) is 48.4 Å². The lowest BCUT2D eigenvalue weighted by Crippen LogP contribution is -2.46. The zero-order chi connectivity index (χ0) is 22.9. The Morgan fingerprint density at radius 1 is 1.21 bits per heavy atom. The molecule has 1 fully saturated rings. The van der Waals surface area contributed by atoms with E-state index in [0.717, 1.165) is 22.5 Å². The largest absolute Gasteiger partial charge is 0.495 e. The van der Waals surface area contributed by atoms with Gasteiger partial charge >= 0.3 is 0 Å². The molecule has 1 unspecified atom stereocenters. The first kappa shape index (κ1) is 20.9. The number of imidazole rings is 1. The minimum Gasteiger partial charge on any atom is -0.495 e. The Bertz CT molecular complexity index is 1260. The topological polar surface area (TPSA) is 69.0 Å². The lowest BCUT2D eigenvalue weighted by molar-refractivity contribution is -0.119. The van der Waals surface area contributed by atoms with E-state index in [2.05, 4.69) is 14.9 Å². The molecule has 1 atom stereocenters. The number of amides is 1. The number of aromatic nitrogens is 2. The first-order chi connectivity index (χ1) is 16.0. The Morgan fingerprint density at radius 3 is 2.76 bits per heavy atom. The molecule has 1 amide bonds. The first-order valence-electron chi connectivity index (χ1n) is 10.7. The number of nitrogens with zero attached hydrogens (tertiary/aromatic N) is 4. The summed E-state index contributed by atoms with van der Waals surface area (Å²) in [6.07, 6.45) is 5.77. The highest BCUT2D eigenvalue weighted by Crippen LogP contribution is 2.34. The average Bonchev–Trinajstić information content (AvgIpc) is 3.25. The molecule has 0 N–H and O–H groups in total. The molecule has 0 radical (unpaired) electrons. The van der Waals surface area contributed by atoms with Crippen LogP contribution in [0.15, 0.2) is 65.7 Å². The van der Waals surface area contributed by atoms with E-state index in [-0.39, 0.29) is 24.2 Å². The van der Waals surface area contributed by atoms with Crippen LogP contribution in [0.5, 0.6) is 5.75 Å². The van der Waals surface area contributed by atoms with Crippen molar-refractivity contribution in [2.75, 3.05) is 20.3 Å². The molecule has 2 aliphatic heterocycles. The molecule has 2 aromatic carbocycles. The molecular formula is C25H23FN4O3. The van der Waals surface area contributed by atoms with E-state index in [9.17, 15) is 9.18 Å². The van der Waals surface area contributed by atoms with Gasteiger partial charge in [0.05, 0.1) is 43.8 Å². The second kappa shape index (κ2) is 8.54. The third-order valence-corrected chi connectivity index (χ3v) is 5.80. The second-order valence-corrected chi connectivity index (χ2v) is 8.00. The second-order valence-electron chi connectivity index (χ2n) is 8.00. The van der Waals surface area contributed by atoms with Crippen LogP contribution in [0.3, 0.4) is 0 Å². The zero-order valence-corrected chi connectivity index (χ0v) is 18.4. The van der Waals surface area contributed by atoms with E-state index in [1.807, 2.05) is 42.0 Å². The van der Waals surface area contributed by atoms with Gasteiger partial charge in [-0.3, -0.25) is 4.79 Å². The molecule has 3 heterocycles. The van der Waals surface area contributed by atoms with Crippen LogP contribution < -0.4 is 4.74 Å². The molecule has 0 spiro atoms. The minimum absolute atomic E-state index is 0.209. The average molecular weight is 446 g/mol. The van der Waals surface area contributed by atoms with Gasteiger partial charge in [0.25, 0.3) is 0 Å². The van der Waals surface area contributed by atoms with Crippen molar-refractivity contribution in [1.82, 2.24) is 14.5 Å². The summed E-state index contributed by atoms with van der Waals surface area (Å²) in [5, 5.41) is 0. The molecule has 5 rings (SSSR count). The number of hydrogen-bond donors (Lipinski definition) is 0. The molecule has 0 bridgehead atoms. The molecular weight excluding hydrogens is 423 g/mol. The highest BCUT2D eigenvalue weighted by Gasteiger charge is 2.35. The highest BCUT2D eigenvalue weighted by atomic mass is 19.1. The maximum Gasteiger partial charge on any atom is 0.250 e. The molecule has 168 valence electrons.